The summed E-state index contributed by atoms with van der Waals surface area (Å²) in [5.74, 6) is 0.420. The van der Waals surface area contributed by atoms with Gasteiger partial charge < -0.3 is 5.32 Å². The predicted octanol–water partition coefficient (Wildman–Crippen LogP) is 3.44. The fraction of sp³-hybridized carbons (Fsp3) is 0.273. The van der Waals surface area contributed by atoms with Crippen molar-refractivity contribution >= 4 is 46.1 Å². The fourth-order valence-electron chi connectivity index (χ4n) is 3.32. The van der Waals surface area contributed by atoms with Crippen LogP contribution in [-0.2, 0) is 18.3 Å². The van der Waals surface area contributed by atoms with E-state index in [0.29, 0.717) is 39.3 Å². The molecule has 1 aliphatic heterocycles. The molecule has 1 N–H and O–H groups in total. The summed E-state index contributed by atoms with van der Waals surface area (Å²) in [5.41, 5.74) is 2.08. The van der Waals surface area contributed by atoms with Gasteiger partial charge in [-0.2, -0.15) is 5.26 Å². The van der Waals surface area contributed by atoms with Crippen LogP contribution in [0.2, 0.25) is 0 Å². The minimum Gasteiger partial charge on any atom is -0.371 e. The Labute approximate surface area is 185 Å². The van der Waals surface area contributed by atoms with Crippen LogP contribution in [0.25, 0.3) is 6.08 Å². The Balaban J connectivity index is 2.02. The first-order valence-electron chi connectivity index (χ1n) is 9.55. The standard InChI is InChI=1S/C22H22N4O2S2/c1-4-26-21(28)18(30-22(26)29)12-16-14(2)17(13-23)20(27)25(3)19(16)24-11-10-15-8-6-5-7-9-15/h5-9,12,24H,4,10-11H2,1-3H3/b18-12+. The zero-order chi connectivity index (χ0) is 21.8. The number of carbonyl (C=O) groups excluding carboxylic acids is 1. The highest BCUT2D eigenvalue weighted by Crippen LogP contribution is 2.34. The number of pyridine rings is 1. The smallest absolute Gasteiger partial charge is 0.270 e. The molecule has 0 unspecified atom stereocenters. The summed E-state index contributed by atoms with van der Waals surface area (Å²) in [6, 6.07) is 12.0. The van der Waals surface area contributed by atoms with Gasteiger partial charge in [0.15, 0.2) is 0 Å². The average molecular weight is 439 g/mol. The maximum atomic E-state index is 12.7. The normalized spacial score (nSPS) is 15.0. The molecular weight excluding hydrogens is 416 g/mol. The van der Waals surface area contributed by atoms with Gasteiger partial charge in [0.2, 0.25) is 0 Å². The number of benzene rings is 1. The molecule has 0 spiro atoms. The van der Waals surface area contributed by atoms with Crippen molar-refractivity contribution in [3.05, 3.63) is 67.8 Å². The molecule has 0 aliphatic carbocycles. The lowest BCUT2D eigenvalue weighted by molar-refractivity contribution is -0.121. The lowest BCUT2D eigenvalue weighted by atomic mass is 10.0. The van der Waals surface area contributed by atoms with Gasteiger partial charge in [0.05, 0.1) is 4.91 Å². The third-order valence-corrected chi connectivity index (χ3v) is 6.39. The fourth-order valence-corrected chi connectivity index (χ4v) is 4.68. The summed E-state index contributed by atoms with van der Waals surface area (Å²) in [6.45, 7) is 4.70. The molecule has 1 amide bonds. The number of likely N-dealkylation sites (N-methyl/N-ethyl adjacent to an activating group) is 1. The first-order chi connectivity index (χ1) is 14.4. The van der Waals surface area contributed by atoms with Crippen molar-refractivity contribution < 1.29 is 4.79 Å². The number of hydrogen-bond acceptors (Lipinski definition) is 6. The summed E-state index contributed by atoms with van der Waals surface area (Å²) in [4.78, 5) is 27.4. The highest BCUT2D eigenvalue weighted by molar-refractivity contribution is 8.26. The number of nitriles is 1. The van der Waals surface area contributed by atoms with Crippen LogP contribution in [0.5, 0.6) is 0 Å². The number of carbonyl (C=O) groups is 1. The summed E-state index contributed by atoms with van der Waals surface area (Å²) < 4.78 is 1.94. The number of thioether (sulfide) groups is 1. The first-order valence-corrected chi connectivity index (χ1v) is 10.8. The highest BCUT2D eigenvalue weighted by Gasteiger charge is 2.31. The van der Waals surface area contributed by atoms with E-state index in [4.69, 9.17) is 12.2 Å². The largest absolute Gasteiger partial charge is 0.371 e. The first kappa shape index (κ1) is 21.8. The Morgan fingerprint density at radius 2 is 1.97 bits per heavy atom. The molecule has 2 heterocycles. The van der Waals surface area contributed by atoms with E-state index in [0.717, 1.165) is 6.42 Å². The van der Waals surface area contributed by atoms with Crippen LogP contribution < -0.4 is 10.9 Å². The van der Waals surface area contributed by atoms with Gasteiger partial charge in [-0.25, -0.2) is 0 Å². The van der Waals surface area contributed by atoms with Crippen molar-refractivity contribution in [3.8, 4) is 6.07 Å². The lowest BCUT2D eigenvalue weighted by Crippen LogP contribution is -2.27. The number of anilines is 1. The van der Waals surface area contributed by atoms with E-state index in [2.05, 4.69) is 5.32 Å². The SMILES string of the molecule is CCN1C(=O)/C(=C\c2c(C)c(C#N)c(=O)n(C)c2NCCc2ccccc2)SC1=S. The van der Waals surface area contributed by atoms with E-state index < -0.39 is 0 Å². The lowest BCUT2D eigenvalue weighted by Gasteiger charge is -2.17. The predicted molar refractivity (Wildman–Crippen MR) is 125 cm³/mol. The van der Waals surface area contributed by atoms with Gasteiger partial charge in [-0.05, 0) is 37.5 Å². The van der Waals surface area contributed by atoms with Gasteiger partial charge >= 0.3 is 0 Å². The summed E-state index contributed by atoms with van der Waals surface area (Å²) >= 11 is 6.53. The zero-order valence-corrected chi connectivity index (χ0v) is 18.7. The van der Waals surface area contributed by atoms with Gasteiger partial charge in [-0.15, -0.1) is 0 Å². The van der Waals surface area contributed by atoms with Gasteiger partial charge in [-0.3, -0.25) is 19.1 Å². The zero-order valence-electron chi connectivity index (χ0n) is 17.1. The second kappa shape index (κ2) is 9.28. The van der Waals surface area contributed by atoms with Crippen LogP contribution in [0.4, 0.5) is 5.82 Å². The molecule has 30 heavy (non-hydrogen) atoms. The molecule has 154 valence electrons. The Bertz CT molecular complexity index is 1130. The molecule has 0 radical (unpaired) electrons. The minimum atomic E-state index is -0.365. The van der Waals surface area contributed by atoms with Crippen molar-refractivity contribution in [2.45, 2.75) is 20.3 Å². The number of hydrogen-bond donors (Lipinski definition) is 1. The number of nitrogens with zero attached hydrogens (tertiary/aromatic N) is 3. The van der Waals surface area contributed by atoms with E-state index in [1.54, 1.807) is 20.0 Å². The van der Waals surface area contributed by atoms with Gasteiger partial charge in [0.25, 0.3) is 11.5 Å². The molecule has 0 saturated carbocycles. The molecule has 0 bridgehead atoms. The summed E-state index contributed by atoms with van der Waals surface area (Å²) in [5, 5.41) is 12.8. The van der Waals surface area contributed by atoms with Crippen molar-refractivity contribution in [2.75, 3.05) is 18.4 Å². The molecule has 8 heteroatoms. The van der Waals surface area contributed by atoms with E-state index in [1.165, 1.54) is 26.8 Å². The van der Waals surface area contributed by atoms with Crippen LogP contribution in [0.15, 0.2) is 40.0 Å². The Kier molecular flexibility index (Phi) is 6.75. The van der Waals surface area contributed by atoms with Crippen LogP contribution in [0.1, 0.15) is 29.2 Å². The highest BCUT2D eigenvalue weighted by atomic mass is 32.2. The maximum absolute atomic E-state index is 12.7. The second-order valence-corrected chi connectivity index (χ2v) is 8.50. The monoisotopic (exact) mass is 438 g/mol. The summed E-state index contributed by atoms with van der Waals surface area (Å²) in [6.07, 6.45) is 2.50. The molecule has 0 atom stereocenters. The quantitative estimate of drug-likeness (QED) is 0.550. The number of aromatic nitrogens is 1. The molecule has 1 saturated heterocycles. The van der Waals surface area contributed by atoms with Crippen LogP contribution in [-0.4, -0.2) is 32.8 Å². The number of rotatable bonds is 6. The van der Waals surface area contributed by atoms with Crippen molar-refractivity contribution in [1.82, 2.24) is 9.47 Å². The molecule has 2 aromatic rings. The Hall–Kier alpha value is -2.89. The molecule has 6 nitrogen and oxygen atoms in total. The topological polar surface area (TPSA) is 78.1 Å². The number of thiocarbonyl (C=S) groups is 1. The van der Waals surface area contributed by atoms with E-state index >= 15 is 0 Å². The molecule has 1 aliphatic rings. The molecule has 1 aromatic carbocycles. The third kappa shape index (κ3) is 4.18. The third-order valence-electron chi connectivity index (χ3n) is 5.01. The van der Waals surface area contributed by atoms with Gasteiger partial charge in [0.1, 0.15) is 21.8 Å². The Morgan fingerprint density at radius 1 is 1.27 bits per heavy atom. The maximum Gasteiger partial charge on any atom is 0.270 e. The number of nitrogens with one attached hydrogen (secondary N) is 1. The van der Waals surface area contributed by atoms with E-state index in [-0.39, 0.29) is 17.0 Å². The van der Waals surface area contributed by atoms with Crippen LogP contribution in [0, 0.1) is 18.3 Å². The molecular formula is C22H22N4O2S2. The minimum absolute atomic E-state index is 0.0725. The molecule has 3 rings (SSSR count). The van der Waals surface area contributed by atoms with Crippen LogP contribution in [0.3, 0.4) is 0 Å². The summed E-state index contributed by atoms with van der Waals surface area (Å²) in [7, 11) is 1.63. The molecule has 1 aromatic heterocycles. The Morgan fingerprint density at radius 3 is 2.57 bits per heavy atom. The average Bonchev–Trinajstić information content (AvgIpc) is 3.01. The van der Waals surface area contributed by atoms with Crippen molar-refractivity contribution in [2.24, 2.45) is 7.05 Å². The van der Waals surface area contributed by atoms with E-state index in [1.807, 2.05) is 43.3 Å². The van der Waals surface area contributed by atoms with Gasteiger partial charge in [0, 0.05) is 25.7 Å². The second-order valence-electron chi connectivity index (χ2n) is 6.83. The number of amides is 1. The van der Waals surface area contributed by atoms with E-state index in [9.17, 15) is 14.9 Å². The van der Waals surface area contributed by atoms with Gasteiger partial charge in [-0.1, -0.05) is 54.3 Å². The molecule has 1 fully saturated rings. The van der Waals surface area contributed by atoms with Crippen LogP contribution >= 0.6 is 24.0 Å². The van der Waals surface area contributed by atoms with Crippen molar-refractivity contribution in [1.29, 1.82) is 5.26 Å². The van der Waals surface area contributed by atoms with Crippen molar-refractivity contribution in [3.63, 3.8) is 0 Å².